The zero-order chi connectivity index (χ0) is 24.5. The van der Waals surface area contributed by atoms with Crippen LogP contribution in [0.1, 0.15) is 28.3 Å². The number of hydrogen-bond donors (Lipinski definition) is 4. The summed E-state index contributed by atoms with van der Waals surface area (Å²) in [6.45, 7) is 0. The van der Waals surface area contributed by atoms with Gasteiger partial charge in [0.2, 0.25) is 0 Å². The molecule has 176 valence electrons. The number of aromatic amines is 1. The van der Waals surface area contributed by atoms with E-state index in [2.05, 4.69) is 63.8 Å². The van der Waals surface area contributed by atoms with Crippen LogP contribution in [0.5, 0.6) is 0 Å². The smallest absolute Gasteiger partial charge is 0.161 e. The Morgan fingerprint density at radius 3 is 2.47 bits per heavy atom. The first kappa shape index (κ1) is 21.8. The van der Waals surface area contributed by atoms with E-state index in [1.807, 2.05) is 30.3 Å². The van der Waals surface area contributed by atoms with Gasteiger partial charge in [-0.2, -0.15) is 0 Å². The monoisotopic (exact) mass is 470 g/mol. The molecule has 5 aromatic rings. The summed E-state index contributed by atoms with van der Waals surface area (Å²) in [5.74, 6) is 1.87. The SMILES string of the molecule is N=C/C(=C\N)c1ccc(Nc2ccnc(-c3ccc4cc(C5Cc6ccccc6C5)[nH]c4c3)n2)cc1. The Morgan fingerprint density at radius 1 is 0.972 bits per heavy atom. The molecule has 36 heavy (non-hydrogen) atoms. The van der Waals surface area contributed by atoms with Gasteiger partial charge in [0.15, 0.2) is 5.82 Å². The molecule has 0 amide bonds. The van der Waals surface area contributed by atoms with Crippen molar-refractivity contribution in [1.29, 1.82) is 5.41 Å². The molecule has 0 atom stereocenters. The van der Waals surface area contributed by atoms with Crippen molar-refractivity contribution in [2.24, 2.45) is 5.73 Å². The molecule has 3 aromatic carbocycles. The van der Waals surface area contributed by atoms with Crippen LogP contribution in [0.25, 0.3) is 27.9 Å². The van der Waals surface area contributed by atoms with Crippen LogP contribution in [-0.2, 0) is 12.8 Å². The standard InChI is InChI=1S/C30H26N6/c31-17-25(18-32)19-7-9-26(10-8-19)34-29-11-12-33-30(36-29)23-6-5-22-15-28(35-27(22)16-23)24-13-20-3-1-2-4-21(20)14-24/h1-12,15-18,24,31,35H,13-14,32H2,(H,33,34,36)/b25-18+,31-17?. The summed E-state index contributed by atoms with van der Waals surface area (Å²) in [4.78, 5) is 12.9. The van der Waals surface area contributed by atoms with Gasteiger partial charge < -0.3 is 21.4 Å². The predicted octanol–water partition coefficient (Wildman–Crippen LogP) is 6.20. The van der Waals surface area contributed by atoms with E-state index in [1.165, 1.54) is 34.6 Å². The molecule has 0 radical (unpaired) electrons. The van der Waals surface area contributed by atoms with Gasteiger partial charge >= 0.3 is 0 Å². The normalized spacial score (nSPS) is 13.6. The van der Waals surface area contributed by atoms with Gasteiger partial charge in [-0.25, -0.2) is 9.97 Å². The molecule has 0 bridgehead atoms. The van der Waals surface area contributed by atoms with Crippen molar-refractivity contribution in [3.63, 3.8) is 0 Å². The van der Waals surface area contributed by atoms with Crippen molar-refractivity contribution in [3.05, 3.63) is 114 Å². The van der Waals surface area contributed by atoms with Crippen LogP contribution in [0.4, 0.5) is 11.5 Å². The van der Waals surface area contributed by atoms with Crippen molar-refractivity contribution in [2.45, 2.75) is 18.8 Å². The first-order chi connectivity index (χ1) is 17.7. The quantitative estimate of drug-likeness (QED) is 0.222. The van der Waals surface area contributed by atoms with Crippen molar-refractivity contribution < 1.29 is 0 Å². The number of benzene rings is 3. The Bertz CT molecular complexity index is 1570. The Kier molecular flexibility index (Phi) is 5.54. The number of nitrogens with two attached hydrogens (primary N) is 1. The molecule has 5 N–H and O–H groups in total. The highest BCUT2D eigenvalue weighted by Gasteiger charge is 2.23. The molecular formula is C30H26N6. The zero-order valence-corrected chi connectivity index (χ0v) is 19.7. The number of H-pyrrole nitrogens is 1. The first-order valence-electron chi connectivity index (χ1n) is 12.0. The summed E-state index contributed by atoms with van der Waals surface area (Å²) in [5.41, 5.74) is 14.3. The van der Waals surface area contributed by atoms with Crippen molar-refractivity contribution >= 4 is 34.2 Å². The second-order valence-electron chi connectivity index (χ2n) is 9.13. The summed E-state index contributed by atoms with van der Waals surface area (Å²) in [7, 11) is 0. The lowest BCUT2D eigenvalue weighted by Gasteiger charge is -2.08. The third-order valence-corrected chi connectivity index (χ3v) is 6.87. The largest absolute Gasteiger partial charge is 0.404 e. The maximum Gasteiger partial charge on any atom is 0.161 e. The molecule has 6 heteroatoms. The molecule has 0 aliphatic heterocycles. The molecule has 1 aliphatic rings. The molecule has 2 aromatic heterocycles. The Hall–Kier alpha value is -4.71. The topological polar surface area (TPSA) is 103 Å². The third kappa shape index (κ3) is 4.14. The minimum absolute atomic E-state index is 0.490. The highest BCUT2D eigenvalue weighted by molar-refractivity contribution is 6.08. The maximum absolute atomic E-state index is 7.45. The first-order valence-corrected chi connectivity index (χ1v) is 12.0. The van der Waals surface area contributed by atoms with Crippen LogP contribution in [0.15, 0.2) is 91.3 Å². The van der Waals surface area contributed by atoms with E-state index >= 15 is 0 Å². The molecule has 1 aliphatic carbocycles. The second kappa shape index (κ2) is 9.15. The Morgan fingerprint density at radius 2 is 1.75 bits per heavy atom. The maximum atomic E-state index is 7.45. The lowest BCUT2D eigenvalue weighted by molar-refractivity contribution is 0.722. The van der Waals surface area contributed by atoms with Crippen molar-refractivity contribution in [2.75, 3.05) is 5.32 Å². The van der Waals surface area contributed by atoms with Gasteiger partial charge in [-0.3, -0.25) is 0 Å². The Balaban J connectivity index is 1.22. The summed E-state index contributed by atoms with van der Waals surface area (Å²) in [6.07, 6.45) is 6.61. The van der Waals surface area contributed by atoms with E-state index < -0.39 is 0 Å². The summed E-state index contributed by atoms with van der Waals surface area (Å²) < 4.78 is 0. The number of rotatable bonds is 6. The van der Waals surface area contributed by atoms with E-state index in [0.717, 1.165) is 35.2 Å². The number of allylic oxidation sites excluding steroid dienone is 1. The average molecular weight is 471 g/mol. The molecule has 0 spiro atoms. The van der Waals surface area contributed by atoms with Crippen LogP contribution in [0.3, 0.4) is 0 Å². The van der Waals surface area contributed by atoms with E-state index in [1.54, 1.807) is 6.20 Å². The minimum Gasteiger partial charge on any atom is -0.404 e. The molecule has 6 rings (SSSR count). The number of hydrogen-bond acceptors (Lipinski definition) is 5. The van der Waals surface area contributed by atoms with Gasteiger partial charge in [0, 0.05) is 52.6 Å². The second-order valence-corrected chi connectivity index (χ2v) is 9.13. The van der Waals surface area contributed by atoms with Gasteiger partial charge in [0.05, 0.1) is 0 Å². The predicted molar refractivity (Wildman–Crippen MR) is 147 cm³/mol. The minimum atomic E-state index is 0.490. The average Bonchev–Trinajstić information content (AvgIpc) is 3.54. The Labute approximate surface area is 209 Å². The summed E-state index contributed by atoms with van der Waals surface area (Å²) in [5, 5.41) is 12.0. The highest BCUT2D eigenvalue weighted by atomic mass is 15.0. The lowest BCUT2D eigenvalue weighted by atomic mass is 10.0. The van der Waals surface area contributed by atoms with Gasteiger partial charge in [0.1, 0.15) is 5.82 Å². The summed E-state index contributed by atoms with van der Waals surface area (Å²) >= 11 is 0. The molecule has 6 nitrogen and oxygen atoms in total. The number of fused-ring (bicyclic) bond motifs is 2. The fraction of sp³-hybridized carbons (Fsp3) is 0.100. The number of nitrogens with one attached hydrogen (secondary N) is 3. The van der Waals surface area contributed by atoms with Crippen molar-refractivity contribution in [3.8, 4) is 11.4 Å². The number of aromatic nitrogens is 3. The molecular weight excluding hydrogens is 444 g/mol. The van der Waals surface area contributed by atoms with E-state index in [0.29, 0.717) is 23.1 Å². The fourth-order valence-corrected chi connectivity index (χ4v) is 4.98. The highest BCUT2D eigenvalue weighted by Crippen LogP contribution is 2.35. The van der Waals surface area contributed by atoms with Crippen molar-refractivity contribution in [1.82, 2.24) is 15.0 Å². The van der Waals surface area contributed by atoms with Gasteiger partial charge in [-0.1, -0.05) is 48.5 Å². The lowest BCUT2D eigenvalue weighted by Crippen LogP contribution is -1.98. The van der Waals surface area contributed by atoms with Gasteiger partial charge in [-0.05, 0) is 65.3 Å². The van der Waals surface area contributed by atoms with Crippen LogP contribution in [0.2, 0.25) is 0 Å². The van der Waals surface area contributed by atoms with Gasteiger partial charge in [-0.15, -0.1) is 0 Å². The molecule has 0 saturated carbocycles. The van der Waals surface area contributed by atoms with E-state index in [4.69, 9.17) is 16.1 Å². The van der Waals surface area contributed by atoms with Gasteiger partial charge in [0.25, 0.3) is 0 Å². The number of nitrogens with zero attached hydrogens (tertiary/aromatic N) is 2. The molecule has 0 fully saturated rings. The fourth-order valence-electron chi connectivity index (χ4n) is 4.98. The molecule has 0 unspecified atom stereocenters. The van der Waals surface area contributed by atoms with Crippen LogP contribution >= 0.6 is 0 Å². The van der Waals surface area contributed by atoms with Crippen LogP contribution in [0, 0.1) is 5.41 Å². The van der Waals surface area contributed by atoms with E-state index in [-0.39, 0.29) is 0 Å². The van der Waals surface area contributed by atoms with E-state index in [9.17, 15) is 0 Å². The number of anilines is 2. The zero-order valence-electron chi connectivity index (χ0n) is 19.7. The molecule has 2 heterocycles. The molecule has 0 saturated heterocycles. The van der Waals surface area contributed by atoms with Crippen LogP contribution in [-0.4, -0.2) is 21.2 Å². The third-order valence-electron chi connectivity index (χ3n) is 6.87. The summed E-state index contributed by atoms with van der Waals surface area (Å²) in [6, 6.07) is 27.0. The van der Waals surface area contributed by atoms with Crippen LogP contribution < -0.4 is 11.1 Å².